The van der Waals surface area contributed by atoms with Gasteiger partial charge in [-0.05, 0) is 55.7 Å². The zero-order valence-corrected chi connectivity index (χ0v) is 12.6. The molecule has 0 aromatic heterocycles. The maximum atomic E-state index is 11.2. The minimum Gasteiger partial charge on any atom is -0.389 e. The first kappa shape index (κ1) is 13.5. The van der Waals surface area contributed by atoms with E-state index >= 15 is 0 Å². The van der Waals surface area contributed by atoms with Gasteiger partial charge in [-0.3, -0.25) is 9.69 Å². The molecule has 0 aromatic rings. The summed E-state index contributed by atoms with van der Waals surface area (Å²) < 4.78 is 0. The third-order valence-corrected chi connectivity index (χ3v) is 5.72. The number of fused-ring (bicyclic) bond motifs is 1. The molecule has 4 heteroatoms. The number of carbonyl (C=O) groups is 1. The number of rotatable bonds is 4. The molecule has 114 valence electrons. The van der Waals surface area contributed by atoms with Gasteiger partial charge in [-0.15, -0.1) is 0 Å². The number of likely N-dealkylation sites (tertiary alicyclic amines) is 1. The van der Waals surface area contributed by atoms with Crippen LogP contribution in [0.1, 0.15) is 39.0 Å². The number of nitrogens with two attached hydrogens (primary N) is 1. The summed E-state index contributed by atoms with van der Waals surface area (Å²) in [6.45, 7) is 4.09. The molecule has 2 unspecified atom stereocenters. The number of β-amino-alcohol motifs (C(OH)–C–C–N with tert-alkyl or cyclic N) is 1. The first-order chi connectivity index (χ1) is 9.97. The van der Waals surface area contributed by atoms with Crippen LogP contribution in [0.15, 0.2) is 22.8 Å². The molecule has 0 radical (unpaired) electrons. The van der Waals surface area contributed by atoms with Crippen molar-refractivity contribution in [3.05, 3.63) is 22.8 Å². The fourth-order valence-electron chi connectivity index (χ4n) is 4.70. The van der Waals surface area contributed by atoms with E-state index in [-0.39, 0.29) is 5.91 Å². The van der Waals surface area contributed by atoms with Crippen molar-refractivity contribution in [2.45, 2.75) is 50.7 Å². The molecule has 4 nitrogen and oxygen atoms in total. The van der Waals surface area contributed by atoms with Crippen LogP contribution in [-0.2, 0) is 4.79 Å². The highest BCUT2D eigenvalue weighted by Crippen LogP contribution is 2.60. The number of allylic oxidation sites excluding steroid dienone is 2. The lowest BCUT2D eigenvalue weighted by molar-refractivity contribution is -0.114. The standard InChI is InChI=1S/C17H24N2O2/c1-10-7-17(21,8-10)9-19-4-2-3-11(19)5-12-13-6-14(15(12)13)16(18)20/h5,10-11,13,21H,2-4,6-9H2,1H3,(H2,18,20). The Hall–Kier alpha value is -1.13. The van der Waals surface area contributed by atoms with Gasteiger partial charge >= 0.3 is 0 Å². The van der Waals surface area contributed by atoms with E-state index in [2.05, 4.69) is 17.9 Å². The van der Waals surface area contributed by atoms with E-state index in [0.29, 0.717) is 17.9 Å². The zero-order valence-electron chi connectivity index (χ0n) is 12.6. The lowest BCUT2D eigenvalue weighted by atomic mass is 9.71. The Bertz CT molecular complexity index is 557. The summed E-state index contributed by atoms with van der Waals surface area (Å²) >= 11 is 0. The van der Waals surface area contributed by atoms with Gasteiger partial charge in [-0.25, -0.2) is 0 Å². The number of hydrogen-bond acceptors (Lipinski definition) is 3. The van der Waals surface area contributed by atoms with Crippen LogP contribution in [0.3, 0.4) is 0 Å². The third-order valence-electron chi connectivity index (χ3n) is 5.72. The van der Waals surface area contributed by atoms with Gasteiger partial charge in [-0.1, -0.05) is 13.0 Å². The van der Waals surface area contributed by atoms with Gasteiger partial charge in [0.2, 0.25) is 5.91 Å². The molecule has 0 bridgehead atoms. The average molecular weight is 288 g/mol. The summed E-state index contributed by atoms with van der Waals surface area (Å²) in [7, 11) is 0. The smallest absolute Gasteiger partial charge is 0.244 e. The highest BCUT2D eigenvalue weighted by molar-refractivity contribution is 5.99. The molecule has 1 heterocycles. The second kappa shape index (κ2) is 4.43. The van der Waals surface area contributed by atoms with Crippen molar-refractivity contribution in [2.24, 2.45) is 17.6 Å². The molecule has 2 atom stereocenters. The predicted octanol–water partition coefficient (Wildman–Crippen LogP) is 1.35. The maximum absolute atomic E-state index is 11.2. The van der Waals surface area contributed by atoms with E-state index in [0.717, 1.165) is 37.9 Å². The molecule has 1 aliphatic heterocycles. The second-order valence-corrected chi connectivity index (χ2v) is 7.55. The first-order valence-corrected chi connectivity index (χ1v) is 8.18. The SMILES string of the molecule is CC1CC(O)(CN2CCCC2C=C2C3=C(C(N)=O)CC23)C1. The van der Waals surface area contributed by atoms with Crippen molar-refractivity contribution in [2.75, 3.05) is 13.1 Å². The molecular weight excluding hydrogens is 264 g/mol. The normalized spacial score (nSPS) is 43.5. The van der Waals surface area contributed by atoms with Crippen LogP contribution in [0.25, 0.3) is 0 Å². The van der Waals surface area contributed by atoms with Crippen molar-refractivity contribution < 1.29 is 9.90 Å². The van der Waals surface area contributed by atoms with Crippen molar-refractivity contribution in [1.82, 2.24) is 4.90 Å². The number of aliphatic hydroxyl groups is 1. The van der Waals surface area contributed by atoms with Gasteiger partial charge < -0.3 is 10.8 Å². The van der Waals surface area contributed by atoms with E-state index in [9.17, 15) is 9.90 Å². The van der Waals surface area contributed by atoms with E-state index in [1.807, 2.05) is 0 Å². The Labute approximate surface area is 125 Å². The minimum atomic E-state index is -0.458. The summed E-state index contributed by atoms with van der Waals surface area (Å²) in [4.78, 5) is 13.7. The van der Waals surface area contributed by atoms with Gasteiger partial charge in [0.25, 0.3) is 0 Å². The molecule has 1 amide bonds. The van der Waals surface area contributed by atoms with Gasteiger partial charge in [0.1, 0.15) is 0 Å². The van der Waals surface area contributed by atoms with Crippen LogP contribution in [0, 0.1) is 11.8 Å². The van der Waals surface area contributed by atoms with E-state index in [1.165, 1.54) is 24.0 Å². The Kier molecular flexibility index (Phi) is 2.86. The largest absolute Gasteiger partial charge is 0.389 e. The molecule has 2 saturated carbocycles. The first-order valence-electron chi connectivity index (χ1n) is 8.18. The predicted molar refractivity (Wildman–Crippen MR) is 80.4 cm³/mol. The molecule has 3 N–H and O–H groups in total. The summed E-state index contributed by atoms with van der Waals surface area (Å²) in [6, 6.07) is 0.437. The number of primary amides is 1. The lowest BCUT2D eigenvalue weighted by Gasteiger charge is -2.45. The van der Waals surface area contributed by atoms with Gasteiger partial charge in [0, 0.05) is 24.1 Å². The van der Waals surface area contributed by atoms with Crippen molar-refractivity contribution in [3.63, 3.8) is 0 Å². The fourth-order valence-corrected chi connectivity index (χ4v) is 4.70. The Balaban J connectivity index is 1.43. The molecule has 0 spiro atoms. The number of hydrogen-bond donors (Lipinski definition) is 2. The third kappa shape index (κ3) is 2.16. The topological polar surface area (TPSA) is 66.6 Å². The number of nitrogens with zero attached hydrogens (tertiary/aromatic N) is 1. The van der Waals surface area contributed by atoms with E-state index < -0.39 is 5.60 Å². The van der Waals surface area contributed by atoms with Crippen LogP contribution >= 0.6 is 0 Å². The van der Waals surface area contributed by atoms with E-state index in [1.54, 1.807) is 0 Å². The highest BCUT2D eigenvalue weighted by atomic mass is 16.3. The molecular formula is C17H24N2O2. The highest BCUT2D eigenvalue weighted by Gasteiger charge is 2.51. The van der Waals surface area contributed by atoms with Crippen LogP contribution < -0.4 is 5.73 Å². The van der Waals surface area contributed by atoms with Crippen molar-refractivity contribution >= 4 is 5.91 Å². The molecule has 3 aliphatic carbocycles. The second-order valence-electron chi connectivity index (χ2n) is 7.55. The number of carbonyl (C=O) groups excluding carboxylic acids is 1. The van der Waals surface area contributed by atoms with Gasteiger partial charge in [0.15, 0.2) is 0 Å². The minimum absolute atomic E-state index is 0.245. The summed E-state index contributed by atoms with van der Waals surface area (Å²) in [5.41, 5.74) is 8.34. The molecule has 4 rings (SSSR count). The quantitative estimate of drug-likeness (QED) is 0.820. The molecule has 3 fully saturated rings. The fraction of sp³-hybridized carbons (Fsp3) is 0.706. The Morgan fingerprint density at radius 2 is 2.29 bits per heavy atom. The van der Waals surface area contributed by atoms with Crippen LogP contribution in [0.5, 0.6) is 0 Å². The average Bonchev–Trinajstić information content (AvgIpc) is 2.64. The Morgan fingerprint density at radius 1 is 1.52 bits per heavy atom. The Morgan fingerprint density at radius 3 is 2.90 bits per heavy atom. The maximum Gasteiger partial charge on any atom is 0.244 e. The van der Waals surface area contributed by atoms with Crippen LogP contribution in [-0.4, -0.2) is 40.6 Å². The molecule has 21 heavy (non-hydrogen) atoms. The number of amides is 1. The van der Waals surface area contributed by atoms with Gasteiger partial charge in [-0.2, -0.15) is 0 Å². The van der Waals surface area contributed by atoms with Gasteiger partial charge in [0.05, 0.1) is 5.60 Å². The van der Waals surface area contributed by atoms with Crippen molar-refractivity contribution in [1.29, 1.82) is 0 Å². The van der Waals surface area contributed by atoms with Crippen LogP contribution in [0.4, 0.5) is 0 Å². The summed E-state index contributed by atoms with van der Waals surface area (Å²) in [6.07, 6.45) is 7.44. The summed E-state index contributed by atoms with van der Waals surface area (Å²) in [5.74, 6) is 0.949. The lowest BCUT2D eigenvalue weighted by Crippen LogP contribution is -2.52. The molecule has 0 aromatic carbocycles. The molecule has 4 aliphatic rings. The molecule has 1 saturated heterocycles. The van der Waals surface area contributed by atoms with Crippen LogP contribution in [0.2, 0.25) is 0 Å². The van der Waals surface area contributed by atoms with E-state index in [4.69, 9.17) is 5.73 Å². The zero-order chi connectivity index (χ0) is 14.8. The monoisotopic (exact) mass is 288 g/mol. The summed E-state index contributed by atoms with van der Waals surface area (Å²) in [5, 5.41) is 10.5. The van der Waals surface area contributed by atoms with Crippen molar-refractivity contribution in [3.8, 4) is 0 Å².